The van der Waals surface area contributed by atoms with E-state index in [9.17, 15) is 4.79 Å². The van der Waals surface area contributed by atoms with Gasteiger partial charge in [0.05, 0.1) is 5.56 Å². The zero-order valence-corrected chi connectivity index (χ0v) is 14.4. The number of carbonyl (C=O) groups excluding carboxylic acids is 1. The average molecular weight is 312 g/mol. The molecule has 0 bridgehead atoms. The quantitative estimate of drug-likeness (QED) is 0.541. The second-order valence-corrected chi connectivity index (χ2v) is 7.71. The van der Waals surface area contributed by atoms with Crippen LogP contribution in [0.25, 0.3) is 0 Å². The Morgan fingerprint density at radius 3 is 2.52 bits per heavy atom. The van der Waals surface area contributed by atoms with Crippen molar-refractivity contribution in [1.29, 1.82) is 0 Å². The number of ether oxygens (including phenoxy) is 1. The van der Waals surface area contributed by atoms with E-state index < -0.39 is 0 Å². The summed E-state index contributed by atoms with van der Waals surface area (Å²) in [5.74, 6) is -0.184. The Hall–Kier alpha value is -1.57. The first kappa shape index (κ1) is 16.3. The van der Waals surface area contributed by atoms with Gasteiger partial charge in [0.15, 0.2) is 0 Å². The van der Waals surface area contributed by atoms with Crippen LogP contribution in [0.4, 0.5) is 0 Å². The van der Waals surface area contributed by atoms with Crippen LogP contribution in [0.15, 0.2) is 42.5 Å². The number of benzene rings is 1. The van der Waals surface area contributed by atoms with E-state index >= 15 is 0 Å². The van der Waals surface area contributed by atoms with Gasteiger partial charge in [0.2, 0.25) is 0 Å². The highest BCUT2D eigenvalue weighted by Crippen LogP contribution is 2.60. The van der Waals surface area contributed by atoms with Crippen molar-refractivity contribution in [3.05, 3.63) is 48.0 Å². The molecule has 0 spiro atoms. The van der Waals surface area contributed by atoms with Crippen molar-refractivity contribution >= 4 is 5.97 Å². The fourth-order valence-electron chi connectivity index (χ4n) is 4.69. The van der Waals surface area contributed by atoms with Crippen molar-refractivity contribution in [2.45, 2.75) is 64.9 Å². The lowest BCUT2D eigenvalue weighted by Crippen LogP contribution is -2.49. The number of rotatable bonds is 3. The maximum absolute atomic E-state index is 12.6. The lowest BCUT2D eigenvalue weighted by molar-refractivity contribution is -0.0809. The molecule has 2 saturated carbocycles. The third kappa shape index (κ3) is 2.73. The molecule has 3 atom stereocenters. The number of carbonyl (C=O) groups is 1. The number of allylic oxidation sites excluding steroid dienone is 1. The summed E-state index contributed by atoms with van der Waals surface area (Å²) >= 11 is 0. The number of esters is 1. The van der Waals surface area contributed by atoms with Gasteiger partial charge in [-0.25, -0.2) is 4.79 Å². The predicted octanol–water partition coefficient (Wildman–Crippen LogP) is 5.54. The largest absolute Gasteiger partial charge is 0.458 e. The Morgan fingerprint density at radius 2 is 1.87 bits per heavy atom. The second kappa shape index (κ2) is 6.14. The molecule has 0 saturated heterocycles. The van der Waals surface area contributed by atoms with Gasteiger partial charge in [-0.3, -0.25) is 0 Å². The lowest BCUT2D eigenvalue weighted by atomic mass is 9.55. The first-order valence-electron chi connectivity index (χ1n) is 8.92. The van der Waals surface area contributed by atoms with Crippen molar-refractivity contribution in [2.75, 3.05) is 0 Å². The van der Waals surface area contributed by atoms with Crippen molar-refractivity contribution in [1.82, 2.24) is 0 Å². The summed E-state index contributed by atoms with van der Waals surface area (Å²) in [6.45, 7) is 9.03. The minimum Gasteiger partial charge on any atom is -0.458 e. The van der Waals surface area contributed by atoms with Crippen molar-refractivity contribution in [3.63, 3.8) is 0 Å². The summed E-state index contributed by atoms with van der Waals surface area (Å²) in [4.78, 5) is 12.6. The molecule has 0 aliphatic heterocycles. The molecule has 0 unspecified atom stereocenters. The smallest absolute Gasteiger partial charge is 0.338 e. The molecule has 1 aromatic rings. The van der Waals surface area contributed by atoms with Crippen molar-refractivity contribution < 1.29 is 9.53 Å². The highest BCUT2D eigenvalue weighted by atomic mass is 16.5. The molecular formula is C21H28O2. The third-order valence-electron chi connectivity index (χ3n) is 6.58. The molecule has 2 aliphatic carbocycles. The molecule has 2 fully saturated rings. The maximum atomic E-state index is 12.6. The minimum absolute atomic E-state index is 0.00325. The maximum Gasteiger partial charge on any atom is 0.338 e. The molecule has 0 radical (unpaired) electrons. The van der Waals surface area contributed by atoms with Gasteiger partial charge >= 0.3 is 5.97 Å². The molecule has 3 rings (SSSR count). The molecular weight excluding hydrogens is 284 g/mol. The second-order valence-electron chi connectivity index (χ2n) is 7.71. The summed E-state index contributed by atoms with van der Waals surface area (Å²) < 4.78 is 6.04. The van der Waals surface area contributed by atoms with Crippen LogP contribution >= 0.6 is 0 Å². The molecule has 0 N–H and O–H groups in total. The molecule has 124 valence electrons. The molecule has 23 heavy (non-hydrogen) atoms. The van der Waals surface area contributed by atoms with E-state index in [1.54, 1.807) is 0 Å². The Kier molecular flexibility index (Phi) is 4.35. The number of hydrogen-bond acceptors (Lipinski definition) is 2. The predicted molar refractivity (Wildman–Crippen MR) is 93.3 cm³/mol. The molecule has 2 nitrogen and oxygen atoms in total. The molecule has 2 heteroatoms. The van der Waals surface area contributed by atoms with Gasteiger partial charge < -0.3 is 4.74 Å². The monoisotopic (exact) mass is 312 g/mol. The van der Waals surface area contributed by atoms with Crippen LogP contribution in [-0.4, -0.2) is 12.1 Å². The minimum atomic E-state index is -0.184. The van der Waals surface area contributed by atoms with E-state index in [2.05, 4.69) is 20.4 Å². The summed E-state index contributed by atoms with van der Waals surface area (Å²) in [6, 6.07) is 9.36. The fourth-order valence-corrected chi connectivity index (χ4v) is 4.69. The van der Waals surface area contributed by atoms with Crippen LogP contribution in [0.3, 0.4) is 0 Å². The summed E-state index contributed by atoms with van der Waals surface area (Å²) in [5.41, 5.74) is 2.09. The SMILES string of the molecule is C=C1CCC[C@]1(C)[C@@]1(C)CCCC[C@@H]1OC(=O)c1ccccc1. The number of hydrogen-bond donors (Lipinski definition) is 0. The third-order valence-corrected chi connectivity index (χ3v) is 6.58. The van der Waals surface area contributed by atoms with Crippen LogP contribution < -0.4 is 0 Å². The van der Waals surface area contributed by atoms with Crippen LogP contribution in [0, 0.1) is 10.8 Å². The van der Waals surface area contributed by atoms with Gasteiger partial charge in [0, 0.05) is 5.41 Å². The summed E-state index contributed by atoms with van der Waals surface area (Å²) in [6.07, 6.45) is 7.94. The van der Waals surface area contributed by atoms with Crippen molar-refractivity contribution in [3.8, 4) is 0 Å². The zero-order chi connectivity index (χ0) is 16.5. The van der Waals surface area contributed by atoms with Gasteiger partial charge in [0.1, 0.15) is 6.10 Å². The standard InChI is InChI=1S/C21H28O2/c1-16-10-9-15-20(16,2)21(3)14-8-7-13-18(21)23-19(22)17-11-5-4-6-12-17/h4-6,11-12,18H,1,7-10,13-15H2,2-3H3/t18-,20-,21-/m0/s1. The topological polar surface area (TPSA) is 26.3 Å². The average Bonchev–Trinajstić information content (AvgIpc) is 2.91. The first-order valence-corrected chi connectivity index (χ1v) is 8.92. The van der Waals surface area contributed by atoms with Crippen molar-refractivity contribution in [2.24, 2.45) is 10.8 Å². The van der Waals surface area contributed by atoms with Gasteiger partial charge in [-0.1, -0.05) is 50.6 Å². The molecule has 0 amide bonds. The Bertz CT molecular complexity index is 591. The summed E-state index contributed by atoms with van der Waals surface area (Å²) in [7, 11) is 0. The van der Waals surface area contributed by atoms with E-state index in [1.807, 2.05) is 30.3 Å². The van der Waals surface area contributed by atoms with E-state index in [-0.39, 0.29) is 22.9 Å². The van der Waals surface area contributed by atoms with Gasteiger partial charge in [-0.2, -0.15) is 0 Å². The molecule has 2 aliphatic rings. The van der Waals surface area contributed by atoms with Crippen LogP contribution in [0.1, 0.15) is 69.2 Å². The van der Waals surface area contributed by atoms with E-state index in [1.165, 1.54) is 24.8 Å². The Morgan fingerprint density at radius 1 is 1.13 bits per heavy atom. The van der Waals surface area contributed by atoms with Crippen LogP contribution in [-0.2, 0) is 4.74 Å². The first-order chi connectivity index (χ1) is 11.0. The van der Waals surface area contributed by atoms with Crippen LogP contribution in [0.5, 0.6) is 0 Å². The zero-order valence-electron chi connectivity index (χ0n) is 14.4. The van der Waals surface area contributed by atoms with E-state index in [0.29, 0.717) is 5.56 Å². The highest BCUT2D eigenvalue weighted by Gasteiger charge is 2.54. The van der Waals surface area contributed by atoms with Gasteiger partial charge in [-0.15, -0.1) is 0 Å². The van der Waals surface area contributed by atoms with E-state index in [0.717, 1.165) is 25.7 Å². The lowest BCUT2D eigenvalue weighted by Gasteiger charge is -2.52. The fraction of sp³-hybridized carbons (Fsp3) is 0.571. The Balaban J connectivity index is 1.84. The van der Waals surface area contributed by atoms with Crippen LogP contribution in [0.2, 0.25) is 0 Å². The molecule has 0 aromatic heterocycles. The molecule has 0 heterocycles. The highest BCUT2D eigenvalue weighted by molar-refractivity contribution is 5.89. The van der Waals surface area contributed by atoms with E-state index in [4.69, 9.17) is 4.74 Å². The van der Waals surface area contributed by atoms with Gasteiger partial charge in [-0.05, 0) is 56.1 Å². The Labute approximate surface area is 139 Å². The normalized spacial score (nSPS) is 34.3. The summed E-state index contributed by atoms with van der Waals surface area (Å²) in [5, 5.41) is 0. The van der Waals surface area contributed by atoms with Gasteiger partial charge in [0.25, 0.3) is 0 Å². The molecule has 1 aromatic carbocycles.